The van der Waals surface area contributed by atoms with Crippen LogP contribution in [0.15, 0.2) is 72.3 Å². The van der Waals surface area contributed by atoms with Gasteiger partial charge in [0.2, 0.25) is 0 Å². The molecule has 0 bridgehead atoms. The van der Waals surface area contributed by atoms with Gasteiger partial charge in [-0.15, -0.1) is 11.3 Å². The van der Waals surface area contributed by atoms with Gasteiger partial charge in [0.15, 0.2) is 0 Å². The molecule has 5 heteroatoms. The largest absolute Gasteiger partial charge is 0.478 e. The number of allylic oxidation sites excluding steroid dienone is 1. The highest BCUT2D eigenvalue weighted by molar-refractivity contribution is 7.16. The van der Waals surface area contributed by atoms with E-state index < -0.39 is 5.97 Å². The number of carboxylic acid groups (broad SMARTS) is 1. The van der Waals surface area contributed by atoms with Crippen LogP contribution < -0.4 is 0 Å². The molecule has 1 aliphatic carbocycles. The summed E-state index contributed by atoms with van der Waals surface area (Å²) in [6.07, 6.45) is 6.24. The molecule has 0 atom stereocenters. The average Bonchev–Trinajstić information content (AvgIpc) is 3.30. The van der Waals surface area contributed by atoms with E-state index in [2.05, 4.69) is 54.4 Å². The van der Waals surface area contributed by atoms with E-state index in [1.54, 1.807) is 17.4 Å². The van der Waals surface area contributed by atoms with Gasteiger partial charge in [0, 0.05) is 6.08 Å². The van der Waals surface area contributed by atoms with Crippen molar-refractivity contribution in [3.8, 4) is 6.07 Å². The van der Waals surface area contributed by atoms with E-state index in [-0.39, 0.29) is 0 Å². The van der Waals surface area contributed by atoms with Gasteiger partial charge in [-0.3, -0.25) is 0 Å². The first kappa shape index (κ1) is 22.8. The minimum atomic E-state index is -0.963. The van der Waals surface area contributed by atoms with Crippen molar-refractivity contribution in [1.82, 2.24) is 4.98 Å². The Morgan fingerprint density at radius 3 is 2.51 bits per heavy atom. The molecular weight excluding hydrogens is 452 g/mol. The number of rotatable bonds is 6. The molecule has 0 saturated heterocycles. The summed E-state index contributed by atoms with van der Waals surface area (Å²) in [5.74, 6) is -0.524. The molecule has 1 aliphatic rings. The third-order valence-electron chi connectivity index (χ3n) is 6.67. The van der Waals surface area contributed by atoms with Crippen molar-refractivity contribution in [2.24, 2.45) is 5.92 Å². The molecule has 0 aliphatic heterocycles. The second-order valence-corrected chi connectivity index (χ2v) is 9.77. The molecule has 0 amide bonds. The zero-order valence-electron chi connectivity index (χ0n) is 19.4. The summed E-state index contributed by atoms with van der Waals surface area (Å²) in [4.78, 5) is 15.5. The monoisotopic (exact) mass is 476 g/mol. The summed E-state index contributed by atoms with van der Waals surface area (Å²) in [5, 5.41) is 18.4. The van der Waals surface area contributed by atoms with Crippen molar-refractivity contribution < 1.29 is 9.90 Å². The first-order valence-corrected chi connectivity index (χ1v) is 12.5. The summed E-state index contributed by atoms with van der Waals surface area (Å²) in [6.45, 7) is 2.08. The molecule has 1 aromatic heterocycles. The van der Waals surface area contributed by atoms with Crippen LogP contribution in [-0.2, 0) is 4.79 Å². The van der Waals surface area contributed by atoms with Gasteiger partial charge in [-0.2, -0.15) is 5.26 Å². The van der Waals surface area contributed by atoms with E-state index in [9.17, 15) is 10.1 Å². The number of aromatic nitrogens is 1. The summed E-state index contributed by atoms with van der Waals surface area (Å²) in [5.41, 5.74) is 11.3. The first-order chi connectivity index (χ1) is 17.0. The Morgan fingerprint density at radius 1 is 1.09 bits per heavy atom. The quantitative estimate of drug-likeness (QED) is 0.233. The Bertz CT molecular complexity index is 1520. The van der Waals surface area contributed by atoms with E-state index >= 15 is 0 Å². The number of benzene rings is 3. The van der Waals surface area contributed by atoms with Crippen LogP contribution in [0.5, 0.6) is 0 Å². The Balaban J connectivity index is 1.75. The number of fused-ring (bicyclic) bond motifs is 1. The average molecular weight is 477 g/mol. The number of hydrogen-bond donors (Lipinski definition) is 1. The number of nitrogens with zero attached hydrogens (tertiary/aromatic N) is 2. The van der Waals surface area contributed by atoms with Crippen LogP contribution in [0.4, 0.5) is 0 Å². The molecule has 1 N–H and O–H groups in total. The molecule has 0 unspecified atom stereocenters. The minimum Gasteiger partial charge on any atom is -0.478 e. The molecule has 5 rings (SSSR count). The fourth-order valence-corrected chi connectivity index (χ4v) is 5.37. The highest BCUT2D eigenvalue weighted by Crippen LogP contribution is 2.46. The van der Waals surface area contributed by atoms with Crippen LogP contribution in [0.1, 0.15) is 52.6 Å². The number of aliphatic carboxylic acids is 1. The lowest BCUT2D eigenvalue weighted by molar-refractivity contribution is -0.131. The Kier molecular flexibility index (Phi) is 6.31. The molecule has 0 radical (unpaired) electrons. The van der Waals surface area contributed by atoms with E-state index in [0.717, 1.165) is 51.4 Å². The minimum absolute atomic E-state index is 0.439. The first-order valence-electron chi connectivity index (χ1n) is 11.6. The molecule has 172 valence electrons. The van der Waals surface area contributed by atoms with Crippen LogP contribution in [0, 0.1) is 24.2 Å². The standard InChI is InChI=1S/C30H24N2O2S/c1-19-15-21(17-31)7-12-25(19)30(22-3-2-4-22)29(24-11-13-27-26(16-24)32-18-35-27)23-9-5-20(6-10-23)8-14-28(33)34/h5-16,18,22H,2-4H2,1H3,(H,33,34)/b14-8+,30-29+. The summed E-state index contributed by atoms with van der Waals surface area (Å²) >= 11 is 1.63. The van der Waals surface area contributed by atoms with Gasteiger partial charge >= 0.3 is 5.97 Å². The molecular formula is C30H24N2O2S. The fourth-order valence-electron chi connectivity index (χ4n) is 4.71. The molecule has 4 nitrogen and oxygen atoms in total. The zero-order valence-corrected chi connectivity index (χ0v) is 20.2. The lowest BCUT2D eigenvalue weighted by atomic mass is 9.72. The third-order valence-corrected chi connectivity index (χ3v) is 7.48. The fraction of sp³-hybridized carbons (Fsp3) is 0.167. The van der Waals surface area contributed by atoms with Crippen molar-refractivity contribution >= 4 is 44.7 Å². The number of carbonyl (C=O) groups is 1. The van der Waals surface area contributed by atoms with Crippen molar-refractivity contribution in [2.75, 3.05) is 0 Å². The number of aryl methyl sites for hydroxylation is 1. The predicted octanol–water partition coefficient (Wildman–Crippen LogP) is 7.33. The maximum absolute atomic E-state index is 10.9. The smallest absolute Gasteiger partial charge is 0.328 e. The molecule has 3 aromatic carbocycles. The molecule has 1 fully saturated rings. The Morgan fingerprint density at radius 2 is 1.86 bits per heavy atom. The molecule has 0 spiro atoms. The van der Waals surface area contributed by atoms with Gasteiger partial charge < -0.3 is 5.11 Å². The van der Waals surface area contributed by atoms with Crippen LogP contribution in [-0.4, -0.2) is 16.1 Å². The highest BCUT2D eigenvalue weighted by Gasteiger charge is 2.28. The van der Waals surface area contributed by atoms with Crippen LogP contribution in [0.2, 0.25) is 0 Å². The second-order valence-electron chi connectivity index (χ2n) is 8.89. The topological polar surface area (TPSA) is 74.0 Å². The van der Waals surface area contributed by atoms with Gasteiger partial charge in [-0.1, -0.05) is 42.8 Å². The lowest BCUT2D eigenvalue weighted by Crippen LogP contribution is -2.16. The maximum Gasteiger partial charge on any atom is 0.328 e. The van der Waals surface area contributed by atoms with E-state index in [0.29, 0.717) is 11.5 Å². The maximum atomic E-state index is 10.9. The van der Waals surface area contributed by atoms with Crippen molar-refractivity contribution in [3.63, 3.8) is 0 Å². The van der Waals surface area contributed by atoms with Crippen molar-refractivity contribution in [2.45, 2.75) is 26.2 Å². The number of thiazole rings is 1. The van der Waals surface area contributed by atoms with Crippen LogP contribution in [0.25, 0.3) is 27.4 Å². The van der Waals surface area contributed by atoms with E-state index in [4.69, 9.17) is 5.11 Å². The lowest BCUT2D eigenvalue weighted by Gasteiger charge is -2.32. The number of hydrogen-bond acceptors (Lipinski definition) is 4. The molecule has 1 heterocycles. The predicted molar refractivity (Wildman–Crippen MR) is 142 cm³/mol. The molecule has 1 saturated carbocycles. The van der Waals surface area contributed by atoms with Crippen LogP contribution in [0.3, 0.4) is 0 Å². The summed E-state index contributed by atoms with van der Waals surface area (Å²) < 4.78 is 1.15. The Labute approximate surface area is 208 Å². The van der Waals surface area contributed by atoms with Crippen molar-refractivity contribution in [3.05, 3.63) is 106 Å². The Hall–Kier alpha value is -4.01. The zero-order chi connectivity index (χ0) is 24.4. The molecule has 4 aromatic rings. The van der Waals surface area contributed by atoms with E-state index in [1.165, 1.54) is 23.1 Å². The second kappa shape index (κ2) is 9.69. The SMILES string of the molecule is Cc1cc(C#N)ccc1/C(=C(\c1ccc(/C=C/C(=O)O)cc1)c1ccc2scnc2c1)C1CCC1. The van der Waals surface area contributed by atoms with Crippen molar-refractivity contribution in [1.29, 1.82) is 5.26 Å². The number of nitriles is 1. The normalized spacial score (nSPS) is 14.5. The highest BCUT2D eigenvalue weighted by atomic mass is 32.1. The summed E-state index contributed by atoms with van der Waals surface area (Å²) in [6, 6.07) is 22.7. The summed E-state index contributed by atoms with van der Waals surface area (Å²) in [7, 11) is 0. The van der Waals surface area contributed by atoms with E-state index in [1.807, 2.05) is 29.8 Å². The molecule has 35 heavy (non-hydrogen) atoms. The van der Waals surface area contributed by atoms with Gasteiger partial charge in [0.25, 0.3) is 0 Å². The van der Waals surface area contributed by atoms with Gasteiger partial charge in [0.05, 0.1) is 27.4 Å². The van der Waals surface area contributed by atoms with Crippen LogP contribution >= 0.6 is 11.3 Å². The van der Waals surface area contributed by atoms with Gasteiger partial charge in [-0.25, -0.2) is 9.78 Å². The number of carboxylic acids is 1. The van der Waals surface area contributed by atoms with Gasteiger partial charge in [-0.05, 0) is 95.0 Å². The third kappa shape index (κ3) is 4.66. The van der Waals surface area contributed by atoms with Gasteiger partial charge in [0.1, 0.15) is 0 Å².